The van der Waals surface area contributed by atoms with Crippen molar-refractivity contribution in [2.75, 3.05) is 24.7 Å². The first-order valence-electron chi connectivity index (χ1n) is 7.22. The Morgan fingerprint density at radius 1 is 0.778 bits per heavy atom. The van der Waals surface area contributed by atoms with Gasteiger partial charge in [0.2, 0.25) is 0 Å². The topological polar surface area (TPSA) is 176 Å². The Morgan fingerprint density at radius 3 is 1.11 bits per heavy atom. The average Bonchev–Trinajstić information content (AvgIpc) is 2.55. The van der Waals surface area contributed by atoms with E-state index in [0.717, 1.165) is 18.3 Å². The van der Waals surface area contributed by atoms with Gasteiger partial charge >= 0.3 is 10.4 Å². The van der Waals surface area contributed by atoms with E-state index in [2.05, 4.69) is 10.6 Å². The number of carbonyl (C=O) groups is 1. The lowest BCUT2D eigenvalue weighted by atomic mass is 10.3. The minimum Gasteiger partial charge on any atom is -0.508 e. The van der Waals surface area contributed by atoms with Crippen LogP contribution in [-0.4, -0.2) is 52.9 Å². The summed E-state index contributed by atoms with van der Waals surface area (Å²) >= 11 is 0. The maximum absolute atomic E-state index is 9.00. The first-order chi connectivity index (χ1) is 12.4. The molecule has 2 rings (SSSR count). The summed E-state index contributed by atoms with van der Waals surface area (Å²) in [6.45, 7) is 1.08. The zero-order valence-electron chi connectivity index (χ0n) is 15.0. The van der Waals surface area contributed by atoms with Crippen LogP contribution in [0.2, 0.25) is 0 Å². The molecule has 0 radical (unpaired) electrons. The third-order valence-corrected chi connectivity index (χ3v) is 2.31. The second-order valence-corrected chi connectivity index (χ2v) is 5.46. The van der Waals surface area contributed by atoms with Gasteiger partial charge in [0.1, 0.15) is 11.5 Å². The lowest BCUT2D eigenvalue weighted by Gasteiger charge is -1.96. The summed E-state index contributed by atoms with van der Waals surface area (Å²) in [5.41, 5.74) is 2.01. The van der Waals surface area contributed by atoms with Gasteiger partial charge in [-0.3, -0.25) is 13.9 Å². The fraction of sp³-hybridized carbons (Fsp3) is 0.188. The number of hydrogen-bond donors (Lipinski definition) is 7. The molecule has 7 N–H and O–H groups in total. The Morgan fingerprint density at radius 2 is 0.963 bits per heavy atom. The Bertz CT molecular complexity index is 689. The Hall–Kier alpha value is -3.02. The van der Waals surface area contributed by atoms with E-state index in [1.54, 1.807) is 24.3 Å². The minimum atomic E-state index is -4.67. The van der Waals surface area contributed by atoms with Gasteiger partial charge in [-0.05, 0) is 48.5 Å². The van der Waals surface area contributed by atoms with Crippen LogP contribution in [0, 0.1) is 0 Å². The minimum absolute atomic E-state index is 0.300. The first-order valence-corrected chi connectivity index (χ1v) is 8.61. The SMILES string of the molecule is CC(=O)O.CNc1ccc(O)cc1.CNc1ccc(O)cc1.O=S(=O)(O)O. The summed E-state index contributed by atoms with van der Waals surface area (Å²) < 4.78 is 31.6. The van der Waals surface area contributed by atoms with Crippen molar-refractivity contribution in [1.29, 1.82) is 0 Å². The molecule has 27 heavy (non-hydrogen) atoms. The highest BCUT2D eigenvalue weighted by Gasteiger charge is 1.86. The highest BCUT2D eigenvalue weighted by Crippen LogP contribution is 2.12. The number of aliphatic carboxylic acids is 1. The fourth-order valence-corrected chi connectivity index (χ4v) is 1.26. The molecule has 0 aliphatic rings. The molecule has 0 amide bonds. The van der Waals surface area contributed by atoms with Crippen molar-refractivity contribution in [2.45, 2.75) is 6.92 Å². The van der Waals surface area contributed by atoms with Crippen LogP contribution in [0.1, 0.15) is 6.92 Å². The molecule has 0 heterocycles. The summed E-state index contributed by atoms with van der Waals surface area (Å²) in [6, 6.07) is 13.8. The van der Waals surface area contributed by atoms with Gasteiger partial charge < -0.3 is 26.0 Å². The summed E-state index contributed by atoms with van der Waals surface area (Å²) in [5.74, 6) is -0.233. The van der Waals surface area contributed by atoms with Crippen molar-refractivity contribution in [2.24, 2.45) is 0 Å². The zero-order chi connectivity index (χ0) is 21.5. The number of carboxylic acids is 1. The van der Waals surface area contributed by atoms with Crippen LogP contribution in [0.3, 0.4) is 0 Å². The van der Waals surface area contributed by atoms with E-state index in [4.69, 9.17) is 37.6 Å². The molecule has 11 heteroatoms. The lowest BCUT2D eigenvalue weighted by Crippen LogP contribution is -1.89. The van der Waals surface area contributed by atoms with E-state index < -0.39 is 16.4 Å². The second kappa shape index (κ2) is 14.2. The molecule has 2 aromatic carbocycles. The van der Waals surface area contributed by atoms with Crippen molar-refractivity contribution in [3.63, 3.8) is 0 Å². The van der Waals surface area contributed by atoms with E-state index in [0.29, 0.717) is 11.5 Å². The van der Waals surface area contributed by atoms with Gasteiger partial charge in [0.05, 0.1) is 0 Å². The smallest absolute Gasteiger partial charge is 0.394 e. The lowest BCUT2D eigenvalue weighted by molar-refractivity contribution is -0.134. The van der Waals surface area contributed by atoms with E-state index in [-0.39, 0.29) is 0 Å². The monoisotopic (exact) mass is 404 g/mol. The fourth-order valence-electron chi connectivity index (χ4n) is 1.26. The van der Waals surface area contributed by atoms with Gasteiger partial charge in [-0.25, -0.2) is 0 Å². The number of anilines is 2. The number of phenols is 2. The van der Waals surface area contributed by atoms with Crippen LogP contribution in [-0.2, 0) is 15.2 Å². The highest BCUT2D eigenvalue weighted by atomic mass is 32.3. The van der Waals surface area contributed by atoms with Crippen molar-refractivity contribution >= 4 is 27.7 Å². The third-order valence-electron chi connectivity index (χ3n) is 2.31. The number of aromatic hydroxyl groups is 2. The highest BCUT2D eigenvalue weighted by molar-refractivity contribution is 7.79. The van der Waals surface area contributed by atoms with Gasteiger partial charge in [-0.15, -0.1) is 0 Å². The Balaban J connectivity index is 0. The van der Waals surface area contributed by atoms with Crippen LogP contribution in [0.25, 0.3) is 0 Å². The molecule has 0 spiro atoms. The number of benzene rings is 2. The molecule has 0 bridgehead atoms. The summed E-state index contributed by atoms with van der Waals surface area (Å²) in [7, 11) is -0.987. The summed E-state index contributed by atoms with van der Waals surface area (Å²) in [4.78, 5) is 9.00. The predicted octanol–water partition coefficient (Wildman–Crippen LogP) is 2.31. The van der Waals surface area contributed by atoms with Crippen LogP contribution < -0.4 is 10.6 Å². The normalized spacial score (nSPS) is 9.07. The number of carboxylic acid groups (broad SMARTS) is 1. The number of nitrogens with one attached hydrogen (secondary N) is 2. The molecule has 0 unspecified atom stereocenters. The molecule has 0 atom stereocenters. The quantitative estimate of drug-likeness (QED) is 0.290. The van der Waals surface area contributed by atoms with E-state index in [1.165, 1.54) is 0 Å². The van der Waals surface area contributed by atoms with Crippen LogP contribution in [0.4, 0.5) is 11.4 Å². The summed E-state index contributed by atoms with van der Waals surface area (Å²) in [5, 5.41) is 31.0. The van der Waals surface area contributed by atoms with Crippen LogP contribution >= 0.6 is 0 Å². The van der Waals surface area contributed by atoms with Crippen molar-refractivity contribution in [3.8, 4) is 11.5 Å². The standard InChI is InChI=1S/2C7H9NO.C2H4O2.H2O4S/c2*1-8-6-2-4-7(9)5-3-6;1-2(3)4;1-5(2,3)4/h2*2-5,8-9H,1H3;1H3,(H,3,4);(H2,1,2,3,4). The van der Waals surface area contributed by atoms with Gasteiger partial charge in [0.25, 0.3) is 5.97 Å². The second-order valence-electron chi connectivity index (χ2n) is 4.56. The van der Waals surface area contributed by atoms with Crippen molar-refractivity contribution < 1.29 is 37.6 Å². The van der Waals surface area contributed by atoms with E-state index in [9.17, 15) is 0 Å². The molecule has 0 aliphatic heterocycles. The maximum Gasteiger partial charge on any atom is 0.394 e. The Labute approximate surface area is 157 Å². The molecule has 0 fully saturated rings. The molecule has 0 aromatic heterocycles. The number of rotatable bonds is 2. The molecule has 2 aromatic rings. The van der Waals surface area contributed by atoms with E-state index in [1.807, 2.05) is 38.4 Å². The molecule has 0 saturated heterocycles. The molecule has 0 saturated carbocycles. The van der Waals surface area contributed by atoms with Gasteiger partial charge in [0, 0.05) is 32.4 Å². The molecule has 152 valence electrons. The van der Waals surface area contributed by atoms with Gasteiger partial charge in [-0.1, -0.05) is 0 Å². The zero-order valence-corrected chi connectivity index (χ0v) is 15.8. The van der Waals surface area contributed by atoms with Crippen LogP contribution in [0.5, 0.6) is 11.5 Å². The average molecular weight is 404 g/mol. The molecular weight excluding hydrogens is 380 g/mol. The van der Waals surface area contributed by atoms with Gasteiger partial charge in [0.15, 0.2) is 0 Å². The maximum atomic E-state index is 9.00. The predicted molar refractivity (Wildman–Crippen MR) is 103 cm³/mol. The molecule has 0 aliphatic carbocycles. The number of phenolic OH excluding ortho intramolecular Hbond substituents is 2. The van der Waals surface area contributed by atoms with Crippen LogP contribution in [0.15, 0.2) is 48.5 Å². The molecular formula is C16H24N2O8S. The van der Waals surface area contributed by atoms with Crippen molar-refractivity contribution in [3.05, 3.63) is 48.5 Å². The third kappa shape index (κ3) is 23.0. The van der Waals surface area contributed by atoms with Gasteiger partial charge in [-0.2, -0.15) is 8.42 Å². The molecule has 10 nitrogen and oxygen atoms in total. The first kappa shape index (κ1) is 26.2. The van der Waals surface area contributed by atoms with E-state index >= 15 is 0 Å². The largest absolute Gasteiger partial charge is 0.508 e. The van der Waals surface area contributed by atoms with Crippen molar-refractivity contribution in [1.82, 2.24) is 0 Å². The Kier molecular flexibility index (Phi) is 13.8. The number of hydrogen-bond acceptors (Lipinski definition) is 7. The summed E-state index contributed by atoms with van der Waals surface area (Å²) in [6.07, 6.45) is 0.